The van der Waals surface area contributed by atoms with Gasteiger partial charge in [-0.3, -0.25) is 0 Å². The molecule has 0 aliphatic rings. The number of rotatable bonds is 5. The van der Waals surface area contributed by atoms with Crippen LogP contribution in [0.15, 0.2) is 0 Å². The molecule has 1 nitrogen and oxygen atoms in total. The molecule has 0 rings (SSSR count). The lowest BCUT2D eigenvalue weighted by Gasteiger charge is -2.25. The Bertz CT molecular complexity index is 223. The Kier molecular flexibility index (Phi) is 6.24. The van der Waals surface area contributed by atoms with E-state index in [1.165, 1.54) is 0 Å². The van der Waals surface area contributed by atoms with Gasteiger partial charge in [0.05, 0.1) is 5.60 Å². The molecule has 0 aliphatic carbocycles. The van der Waals surface area contributed by atoms with Crippen LogP contribution in [0.5, 0.6) is 0 Å². The van der Waals surface area contributed by atoms with Gasteiger partial charge in [0.15, 0.2) is 0 Å². The lowest BCUT2D eigenvalue weighted by atomic mass is 9.90. The highest BCUT2D eigenvalue weighted by Crippen LogP contribution is 2.22. The van der Waals surface area contributed by atoms with E-state index in [4.69, 9.17) is 0 Å². The molecular formula is C13H26OSi. The van der Waals surface area contributed by atoms with Crippen molar-refractivity contribution in [3.63, 3.8) is 0 Å². The molecule has 0 aromatic heterocycles. The number of aliphatic hydroxyl groups is 1. The molecule has 0 aliphatic heterocycles. The molecule has 0 saturated carbocycles. The van der Waals surface area contributed by atoms with Crippen molar-refractivity contribution >= 4 is 8.07 Å². The number of hydrogen-bond acceptors (Lipinski definition) is 1. The maximum absolute atomic E-state index is 10.3. The summed E-state index contributed by atoms with van der Waals surface area (Å²) in [5.74, 6) is 3.20. The van der Waals surface area contributed by atoms with E-state index < -0.39 is 13.7 Å². The first-order valence-corrected chi connectivity index (χ1v) is 9.55. The highest BCUT2D eigenvalue weighted by molar-refractivity contribution is 6.83. The second-order valence-electron chi connectivity index (χ2n) is 5.45. The topological polar surface area (TPSA) is 20.2 Å². The molecule has 0 heterocycles. The molecular weight excluding hydrogens is 200 g/mol. The van der Waals surface area contributed by atoms with Crippen molar-refractivity contribution in [3.05, 3.63) is 0 Å². The largest absolute Gasteiger partial charge is 0.389 e. The van der Waals surface area contributed by atoms with Crippen molar-refractivity contribution in [1.82, 2.24) is 0 Å². The summed E-state index contributed by atoms with van der Waals surface area (Å²) >= 11 is 0. The van der Waals surface area contributed by atoms with Gasteiger partial charge in [-0.05, 0) is 12.8 Å². The minimum absolute atomic E-state index is 0.532. The fraction of sp³-hybridized carbons (Fsp3) is 0.846. The van der Waals surface area contributed by atoms with E-state index in [0.717, 1.165) is 25.7 Å². The van der Waals surface area contributed by atoms with E-state index in [0.29, 0.717) is 6.42 Å². The highest BCUT2D eigenvalue weighted by atomic mass is 28.3. The predicted molar refractivity (Wildman–Crippen MR) is 70.5 cm³/mol. The maximum atomic E-state index is 10.3. The Morgan fingerprint density at radius 1 is 1.07 bits per heavy atom. The van der Waals surface area contributed by atoms with E-state index in [-0.39, 0.29) is 0 Å². The molecule has 0 atom stereocenters. The van der Waals surface area contributed by atoms with Gasteiger partial charge in [-0.15, -0.1) is 11.5 Å². The van der Waals surface area contributed by atoms with Gasteiger partial charge in [-0.25, -0.2) is 0 Å². The fourth-order valence-corrected chi connectivity index (χ4v) is 2.33. The van der Waals surface area contributed by atoms with Crippen LogP contribution in [-0.2, 0) is 0 Å². The number of hydrogen-bond donors (Lipinski definition) is 1. The average molecular weight is 226 g/mol. The van der Waals surface area contributed by atoms with Crippen molar-refractivity contribution in [3.8, 4) is 11.5 Å². The zero-order valence-electron chi connectivity index (χ0n) is 11.0. The first kappa shape index (κ1) is 14.7. The summed E-state index contributed by atoms with van der Waals surface area (Å²) in [7, 11) is -1.28. The van der Waals surface area contributed by atoms with Crippen LogP contribution < -0.4 is 0 Å². The molecule has 2 heteroatoms. The normalized spacial score (nSPS) is 12.1. The van der Waals surface area contributed by atoms with E-state index in [9.17, 15) is 5.11 Å². The Morgan fingerprint density at radius 3 is 1.87 bits per heavy atom. The van der Waals surface area contributed by atoms with E-state index in [2.05, 4.69) is 45.0 Å². The van der Waals surface area contributed by atoms with Crippen molar-refractivity contribution in [1.29, 1.82) is 0 Å². The minimum Gasteiger partial charge on any atom is -0.389 e. The lowest BCUT2D eigenvalue weighted by molar-refractivity contribution is 0.0263. The van der Waals surface area contributed by atoms with Gasteiger partial charge in [-0.2, -0.15) is 0 Å². The van der Waals surface area contributed by atoms with Gasteiger partial charge in [0.25, 0.3) is 0 Å². The van der Waals surface area contributed by atoms with Crippen molar-refractivity contribution in [2.45, 2.75) is 71.2 Å². The van der Waals surface area contributed by atoms with Crippen LogP contribution in [0, 0.1) is 11.5 Å². The quantitative estimate of drug-likeness (QED) is 0.561. The van der Waals surface area contributed by atoms with Crippen molar-refractivity contribution in [2.75, 3.05) is 0 Å². The molecule has 0 bridgehead atoms. The van der Waals surface area contributed by atoms with E-state index in [1.807, 2.05) is 0 Å². The summed E-state index contributed by atoms with van der Waals surface area (Å²) in [6.45, 7) is 10.9. The molecule has 0 radical (unpaired) electrons. The summed E-state index contributed by atoms with van der Waals surface area (Å²) in [6.07, 6.45) is 4.47. The van der Waals surface area contributed by atoms with Gasteiger partial charge in [0.1, 0.15) is 8.07 Å². The smallest absolute Gasteiger partial charge is 0.129 e. The summed E-state index contributed by atoms with van der Waals surface area (Å²) in [4.78, 5) is 0. The zero-order chi connectivity index (χ0) is 11.9. The summed E-state index contributed by atoms with van der Waals surface area (Å²) in [5, 5.41) is 10.3. The van der Waals surface area contributed by atoms with E-state index >= 15 is 0 Å². The molecule has 15 heavy (non-hydrogen) atoms. The summed E-state index contributed by atoms with van der Waals surface area (Å²) in [5.41, 5.74) is 2.79. The first-order chi connectivity index (χ1) is 6.83. The van der Waals surface area contributed by atoms with Crippen LogP contribution in [0.25, 0.3) is 0 Å². The Hall–Kier alpha value is -0.263. The Labute approximate surface area is 96.3 Å². The van der Waals surface area contributed by atoms with Crippen LogP contribution in [-0.4, -0.2) is 18.8 Å². The van der Waals surface area contributed by atoms with Gasteiger partial charge in [0, 0.05) is 6.42 Å². The van der Waals surface area contributed by atoms with Crippen LogP contribution in [0.3, 0.4) is 0 Å². The molecule has 0 aromatic carbocycles. The third kappa shape index (κ3) is 7.64. The third-order valence-electron chi connectivity index (χ3n) is 2.31. The van der Waals surface area contributed by atoms with Gasteiger partial charge in [-0.1, -0.05) is 46.3 Å². The SMILES string of the molecule is CCCC(O)(CC#C[Si](C)(C)C)CCC. The molecule has 88 valence electrons. The first-order valence-electron chi connectivity index (χ1n) is 6.05. The van der Waals surface area contributed by atoms with Crippen molar-refractivity contribution < 1.29 is 5.11 Å². The molecule has 0 saturated heterocycles. The maximum Gasteiger partial charge on any atom is 0.129 e. The minimum atomic E-state index is -1.28. The third-order valence-corrected chi connectivity index (χ3v) is 3.24. The predicted octanol–water partition coefficient (Wildman–Crippen LogP) is 3.59. The average Bonchev–Trinajstić information content (AvgIpc) is 2.01. The zero-order valence-corrected chi connectivity index (χ0v) is 12.0. The standard InChI is InChI=1S/C13H26OSi/c1-6-9-13(14,10-7-2)11-8-12-15(3,4)5/h14H,6-7,9-11H2,1-5H3. The fourth-order valence-electron chi connectivity index (χ4n) is 1.71. The molecule has 1 N–H and O–H groups in total. The van der Waals surface area contributed by atoms with Crippen LogP contribution in [0.4, 0.5) is 0 Å². The summed E-state index contributed by atoms with van der Waals surface area (Å²) in [6, 6.07) is 0. The lowest BCUT2D eigenvalue weighted by Crippen LogP contribution is -2.28. The molecule has 0 amide bonds. The second kappa shape index (κ2) is 6.35. The van der Waals surface area contributed by atoms with Crippen molar-refractivity contribution in [2.24, 2.45) is 0 Å². The Balaban J connectivity index is 4.33. The van der Waals surface area contributed by atoms with E-state index in [1.54, 1.807) is 0 Å². The monoisotopic (exact) mass is 226 g/mol. The molecule has 0 aromatic rings. The van der Waals surface area contributed by atoms with Crippen LogP contribution in [0.1, 0.15) is 46.0 Å². The van der Waals surface area contributed by atoms with Gasteiger partial charge >= 0.3 is 0 Å². The molecule has 0 unspecified atom stereocenters. The van der Waals surface area contributed by atoms with Crippen LogP contribution in [0.2, 0.25) is 19.6 Å². The van der Waals surface area contributed by atoms with Gasteiger partial charge in [0.2, 0.25) is 0 Å². The Morgan fingerprint density at radius 2 is 1.53 bits per heavy atom. The molecule has 0 spiro atoms. The second-order valence-corrected chi connectivity index (χ2v) is 10.2. The van der Waals surface area contributed by atoms with Crippen LogP contribution >= 0.6 is 0 Å². The summed E-state index contributed by atoms with van der Waals surface area (Å²) < 4.78 is 0. The molecule has 0 fully saturated rings. The highest BCUT2D eigenvalue weighted by Gasteiger charge is 2.23. The van der Waals surface area contributed by atoms with Gasteiger partial charge < -0.3 is 5.11 Å².